The number of carbonyl (C=O) groups excluding carboxylic acids is 1. The van der Waals surface area contributed by atoms with Crippen molar-refractivity contribution >= 4 is 29.1 Å². The van der Waals surface area contributed by atoms with Crippen LogP contribution in [0.2, 0.25) is 10.0 Å². The Kier molecular flexibility index (Phi) is 8.92. The lowest BCUT2D eigenvalue weighted by Gasteiger charge is -2.31. The molecule has 0 aliphatic carbocycles. The Bertz CT molecular complexity index is 1170. The van der Waals surface area contributed by atoms with Crippen LogP contribution in [0.25, 0.3) is 0 Å². The molecule has 3 aromatic rings. The van der Waals surface area contributed by atoms with Crippen LogP contribution in [0.3, 0.4) is 0 Å². The Morgan fingerprint density at radius 2 is 1.83 bits per heavy atom. The van der Waals surface area contributed by atoms with E-state index >= 15 is 0 Å². The standard InChI is InChI=1S/C27H28Cl2N2O4/c1-34-25(32)12-9-17-5-4-6-18(13-17)16-35-30-15-23-20-7-2-3-8-21(20)27(33)31-26(23)22-11-10-19(28)14-24(22)29/h2-8,10-11,13-14,23,25-26,30,32H,9,12,15-16H2,1H3,(H,31,33)/p+1/t23-,25?,26+/m1/s1. The number of hydrogen-bond acceptors (Lipinski definition) is 5. The summed E-state index contributed by atoms with van der Waals surface area (Å²) >= 11 is 12.6. The first-order valence-corrected chi connectivity index (χ1v) is 12.3. The fourth-order valence-corrected chi connectivity index (χ4v) is 5.02. The first-order chi connectivity index (χ1) is 17.0. The van der Waals surface area contributed by atoms with Gasteiger partial charge in [0.15, 0.2) is 6.29 Å². The van der Waals surface area contributed by atoms with Crippen LogP contribution < -0.4 is 10.8 Å². The first-order valence-electron chi connectivity index (χ1n) is 11.5. The summed E-state index contributed by atoms with van der Waals surface area (Å²) in [6, 6.07) is 20.9. The SMILES string of the molecule is COC(O)CCc1cccc(CONC[C@@H]2c3ccccc3C(=O)[NH2+][C@H]2c2ccc(Cl)cc2Cl)c1. The second-order valence-electron chi connectivity index (χ2n) is 8.60. The van der Waals surface area contributed by atoms with Crippen LogP contribution in [0.1, 0.15) is 51.0 Å². The smallest absolute Gasteiger partial charge is 0.343 e. The highest BCUT2D eigenvalue weighted by molar-refractivity contribution is 6.35. The fourth-order valence-electron chi connectivity index (χ4n) is 4.49. The van der Waals surface area contributed by atoms with Gasteiger partial charge >= 0.3 is 5.91 Å². The summed E-state index contributed by atoms with van der Waals surface area (Å²) in [5.74, 6) is -0.0615. The van der Waals surface area contributed by atoms with E-state index in [0.29, 0.717) is 41.6 Å². The van der Waals surface area contributed by atoms with Crippen molar-refractivity contribution in [3.05, 3.63) is 105 Å². The van der Waals surface area contributed by atoms with Crippen molar-refractivity contribution in [2.45, 2.75) is 37.7 Å². The summed E-state index contributed by atoms with van der Waals surface area (Å²) in [5.41, 5.74) is 7.75. The third-order valence-electron chi connectivity index (χ3n) is 6.30. The molecule has 1 aliphatic rings. The van der Waals surface area contributed by atoms with Crippen molar-refractivity contribution in [3.8, 4) is 0 Å². The molecular weight excluding hydrogens is 487 g/mol. The molecule has 1 unspecified atom stereocenters. The Labute approximate surface area is 215 Å². The van der Waals surface area contributed by atoms with Gasteiger partial charge in [-0.2, -0.15) is 0 Å². The summed E-state index contributed by atoms with van der Waals surface area (Å²) in [7, 11) is 1.49. The number of hydrogen-bond donors (Lipinski definition) is 3. The van der Waals surface area contributed by atoms with E-state index in [2.05, 4.69) is 11.5 Å². The minimum absolute atomic E-state index is 0.0100. The Balaban J connectivity index is 1.44. The van der Waals surface area contributed by atoms with E-state index in [9.17, 15) is 9.90 Å². The second-order valence-corrected chi connectivity index (χ2v) is 9.45. The number of methoxy groups -OCH3 is 1. The van der Waals surface area contributed by atoms with Gasteiger partial charge < -0.3 is 9.84 Å². The summed E-state index contributed by atoms with van der Waals surface area (Å²) in [6.45, 7) is 0.869. The topological polar surface area (TPSA) is 84.4 Å². The van der Waals surface area contributed by atoms with Crippen LogP contribution in [-0.4, -0.2) is 31.0 Å². The Morgan fingerprint density at radius 1 is 1.03 bits per heavy atom. The number of halogens is 2. The number of amides is 1. The van der Waals surface area contributed by atoms with Gasteiger partial charge in [0, 0.05) is 30.7 Å². The highest BCUT2D eigenvalue weighted by atomic mass is 35.5. The molecule has 1 aliphatic heterocycles. The second kappa shape index (κ2) is 12.1. The number of hydroxylamine groups is 1. The van der Waals surface area contributed by atoms with Gasteiger partial charge in [0.2, 0.25) is 0 Å². The number of nitrogens with two attached hydrogens (primary N) is 1. The van der Waals surface area contributed by atoms with Crippen LogP contribution in [0.4, 0.5) is 0 Å². The first kappa shape index (κ1) is 25.8. The summed E-state index contributed by atoms with van der Waals surface area (Å²) < 4.78 is 4.91. The third-order valence-corrected chi connectivity index (χ3v) is 6.86. The van der Waals surface area contributed by atoms with E-state index in [0.717, 1.165) is 22.3 Å². The molecule has 0 saturated heterocycles. The molecule has 8 heteroatoms. The van der Waals surface area contributed by atoms with E-state index < -0.39 is 6.29 Å². The van der Waals surface area contributed by atoms with Gasteiger partial charge in [-0.1, -0.05) is 71.7 Å². The Hall–Kier alpha value is -2.29. The predicted molar refractivity (Wildman–Crippen MR) is 135 cm³/mol. The van der Waals surface area contributed by atoms with Gasteiger partial charge in [-0.15, -0.1) is 0 Å². The van der Waals surface area contributed by atoms with E-state index in [1.165, 1.54) is 7.11 Å². The number of aliphatic hydroxyl groups is 1. The lowest BCUT2D eigenvalue weighted by molar-refractivity contribution is -0.608. The maximum Gasteiger partial charge on any atom is 0.343 e. The molecule has 3 atom stereocenters. The van der Waals surface area contributed by atoms with Gasteiger partial charge in [-0.25, -0.2) is 10.3 Å². The van der Waals surface area contributed by atoms with Crippen LogP contribution in [0, 0.1) is 0 Å². The summed E-state index contributed by atoms with van der Waals surface area (Å²) in [6.07, 6.45) is 0.479. The monoisotopic (exact) mass is 515 g/mol. The normalized spacial score (nSPS) is 18.3. The van der Waals surface area contributed by atoms with Crippen molar-refractivity contribution in [1.29, 1.82) is 0 Å². The third kappa shape index (κ3) is 6.48. The van der Waals surface area contributed by atoms with Gasteiger partial charge in [-0.3, -0.25) is 10.2 Å². The van der Waals surface area contributed by atoms with Crippen molar-refractivity contribution in [3.63, 3.8) is 0 Å². The maximum atomic E-state index is 12.9. The molecule has 184 valence electrons. The van der Waals surface area contributed by atoms with Crippen LogP contribution in [-0.2, 0) is 22.6 Å². The lowest BCUT2D eigenvalue weighted by atomic mass is 9.81. The average Bonchev–Trinajstić information content (AvgIpc) is 2.86. The summed E-state index contributed by atoms with van der Waals surface area (Å²) in [4.78, 5) is 18.7. The van der Waals surface area contributed by atoms with Crippen molar-refractivity contribution in [2.75, 3.05) is 13.7 Å². The number of primary amides is 1. The largest absolute Gasteiger partial charge is 0.368 e. The molecule has 0 saturated carbocycles. The van der Waals surface area contributed by atoms with Gasteiger partial charge in [0.05, 0.1) is 23.1 Å². The van der Waals surface area contributed by atoms with Gasteiger partial charge in [0.25, 0.3) is 0 Å². The predicted octanol–water partition coefficient (Wildman–Crippen LogP) is 4.15. The maximum absolute atomic E-state index is 12.9. The van der Waals surface area contributed by atoms with E-state index in [4.69, 9.17) is 32.8 Å². The van der Waals surface area contributed by atoms with Crippen LogP contribution in [0.5, 0.6) is 0 Å². The zero-order valence-corrected chi connectivity index (χ0v) is 20.9. The fraction of sp³-hybridized carbons (Fsp3) is 0.296. The number of ether oxygens (including phenoxy) is 1. The number of nitrogens with one attached hydrogen (secondary N) is 1. The molecule has 35 heavy (non-hydrogen) atoms. The van der Waals surface area contributed by atoms with Crippen molar-refractivity contribution < 1.29 is 24.8 Å². The Morgan fingerprint density at radius 3 is 2.63 bits per heavy atom. The number of quaternary nitrogens is 1. The number of carbonyl (C=O) groups is 1. The van der Waals surface area contributed by atoms with Crippen molar-refractivity contribution in [2.24, 2.45) is 0 Å². The van der Waals surface area contributed by atoms with E-state index in [-0.39, 0.29) is 17.9 Å². The number of benzene rings is 3. The molecule has 1 amide bonds. The number of fused-ring (bicyclic) bond motifs is 1. The molecule has 0 spiro atoms. The zero-order valence-electron chi connectivity index (χ0n) is 19.4. The number of aliphatic hydroxyl groups excluding tert-OH is 1. The minimum Gasteiger partial charge on any atom is -0.368 e. The lowest BCUT2D eigenvalue weighted by Crippen LogP contribution is -2.91. The molecule has 0 radical (unpaired) electrons. The molecule has 1 heterocycles. The van der Waals surface area contributed by atoms with E-state index in [1.54, 1.807) is 17.4 Å². The number of aryl methyl sites for hydroxylation is 1. The molecule has 0 fully saturated rings. The highest BCUT2D eigenvalue weighted by Gasteiger charge is 2.39. The van der Waals surface area contributed by atoms with Crippen LogP contribution >= 0.6 is 23.2 Å². The zero-order chi connectivity index (χ0) is 24.8. The van der Waals surface area contributed by atoms with E-state index in [1.807, 2.05) is 48.5 Å². The van der Waals surface area contributed by atoms with Gasteiger partial charge in [-0.05, 0) is 41.3 Å². The molecular formula is C27H29Cl2N2O4+. The molecule has 3 aromatic carbocycles. The average molecular weight is 516 g/mol. The van der Waals surface area contributed by atoms with Crippen LogP contribution in [0.15, 0.2) is 66.7 Å². The summed E-state index contributed by atoms with van der Waals surface area (Å²) in [5, 5.41) is 12.4. The molecule has 4 N–H and O–H groups in total. The van der Waals surface area contributed by atoms with Crippen molar-refractivity contribution in [1.82, 2.24) is 5.48 Å². The highest BCUT2D eigenvalue weighted by Crippen LogP contribution is 2.36. The quantitative estimate of drug-likeness (QED) is 0.214. The minimum atomic E-state index is -0.763. The molecule has 6 nitrogen and oxygen atoms in total. The molecule has 4 rings (SSSR count). The van der Waals surface area contributed by atoms with Gasteiger partial charge in [0.1, 0.15) is 6.04 Å². The number of rotatable bonds is 10. The molecule has 0 bridgehead atoms. The molecule has 0 aromatic heterocycles.